The molecule has 2 aliphatic carbocycles. The van der Waals surface area contributed by atoms with Gasteiger partial charge < -0.3 is 4.74 Å². The van der Waals surface area contributed by atoms with Crippen LogP contribution < -0.4 is 0 Å². The average molecular weight is 379 g/mol. The lowest BCUT2D eigenvalue weighted by Crippen LogP contribution is -2.58. The van der Waals surface area contributed by atoms with E-state index in [1.165, 1.54) is 44.9 Å². The first-order valence-corrected chi connectivity index (χ1v) is 11.5. The van der Waals surface area contributed by atoms with Gasteiger partial charge in [0.1, 0.15) is 0 Å². The van der Waals surface area contributed by atoms with E-state index in [2.05, 4.69) is 37.7 Å². The molecule has 156 valence electrons. The number of morpholine rings is 1. The fourth-order valence-corrected chi connectivity index (χ4v) is 6.00. The highest BCUT2D eigenvalue weighted by Gasteiger charge is 2.47. The van der Waals surface area contributed by atoms with Crippen LogP contribution in [0.2, 0.25) is 0 Å². The van der Waals surface area contributed by atoms with Crippen molar-refractivity contribution in [3.8, 4) is 0 Å². The Bertz CT molecular complexity index is 475. The maximum absolute atomic E-state index is 13.8. The van der Waals surface area contributed by atoms with Crippen molar-refractivity contribution in [1.82, 2.24) is 9.80 Å². The Hall–Kier alpha value is -0.450. The number of Topliss-reactive ketones (excluding diaryl/α,β-unsaturated/α-hetero) is 1. The van der Waals surface area contributed by atoms with Crippen molar-refractivity contribution in [2.75, 3.05) is 40.4 Å². The fraction of sp³-hybridized carbons (Fsp3) is 0.957. The van der Waals surface area contributed by atoms with Gasteiger partial charge in [0.05, 0.1) is 18.8 Å². The van der Waals surface area contributed by atoms with Crippen molar-refractivity contribution in [3.05, 3.63) is 0 Å². The second-order valence-corrected chi connectivity index (χ2v) is 9.75. The number of hydrogen-bond acceptors (Lipinski definition) is 4. The summed E-state index contributed by atoms with van der Waals surface area (Å²) in [4.78, 5) is 18.6. The molecule has 0 spiro atoms. The third-order valence-electron chi connectivity index (χ3n) is 8.30. The molecule has 1 aliphatic heterocycles. The van der Waals surface area contributed by atoms with Gasteiger partial charge in [-0.2, -0.15) is 0 Å². The van der Waals surface area contributed by atoms with Gasteiger partial charge in [-0.05, 0) is 58.5 Å². The van der Waals surface area contributed by atoms with Crippen molar-refractivity contribution < 1.29 is 9.53 Å². The number of ketones is 1. The van der Waals surface area contributed by atoms with Crippen LogP contribution in [0.4, 0.5) is 0 Å². The Kier molecular flexibility index (Phi) is 7.38. The molecular weight excluding hydrogens is 336 g/mol. The highest BCUT2D eigenvalue weighted by atomic mass is 16.5. The topological polar surface area (TPSA) is 32.8 Å². The minimum absolute atomic E-state index is 0.251. The number of rotatable bonds is 6. The van der Waals surface area contributed by atoms with Gasteiger partial charge in [-0.25, -0.2) is 0 Å². The van der Waals surface area contributed by atoms with Gasteiger partial charge in [-0.3, -0.25) is 14.6 Å². The van der Waals surface area contributed by atoms with Gasteiger partial charge >= 0.3 is 0 Å². The number of carbonyl (C=O) groups is 1. The highest BCUT2D eigenvalue weighted by molar-refractivity contribution is 5.90. The highest BCUT2D eigenvalue weighted by Crippen LogP contribution is 2.41. The Labute approximate surface area is 167 Å². The molecule has 0 amide bonds. The van der Waals surface area contributed by atoms with E-state index in [-0.39, 0.29) is 11.5 Å². The first-order valence-electron chi connectivity index (χ1n) is 11.5. The predicted molar refractivity (Wildman–Crippen MR) is 111 cm³/mol. The molecule has 2 unspecified atom stereocenters. The minimum atomic E-state index is -0.321. The van der Waals surface area contributed by atoms with Crippen LogP contribution in [0, 0.1) is 17.8 Å². The molecular formula is C23H42N2O2. The van der Waals surface area contributed by atoms with Crippen LogP contribution in [0.15, 0.2) is 0 Å². The van der Waals surface area contributed by atoms with Gasteiger partial charge in [0, 0.05) is 25.0 Å². The summed E-state index contributed by atoms with van der Waals surface area (Å²) >= 11 is 0. The standard InChI is InChI=1S/C23H42N2O2/c1-18(19-8-6-5-7-9-19)23(2,24(3)4)22(26)20-10-12-21(13-11-20)25-14-16-27-17-15-25/h18-21H,5-17H2,1-4H3. The molecule has 3 rings (SSSR count). The van der Waals surface area contributed by atoms with Crippen LogP contribution in [0.5, 0.6) is 0 Å². The lowest BCUT2D eigenvalue weighted by Gasteiger charge is -2.47. The molecule has 2 atom stereocenters. The van der Waals surface area contributed by atoms with E-state index < -0.39 is 0 Å². The molecule has 4 nitrogen and oxygen atoms in total. The Morgan fingerprint density at radius 2 is 1.59 bits per heavy atom. The Morgan fingerprint density at radius 3 is 2.15 bits per heavy atom. The van der Waals surface area contributed by atoms with Crippen LogP contribution in [0.3, 0.4) is 0 Å². The largest absolute Gasteiger partial charge is 0.379 e. The zero-order valence-corrected chi connectivity index (χ0v) is 18.2. The van der Waals surface area contributed by atoms with Crippen molar-refractivity contribution in [2.45, 2.75) is 83.2 Å². The molecule has 0 aromatic heterocycles. The van der Waals surface area contributed by atoms with E-state index in [1.807, 2.05) is 0 Å². The summed E-state index contributed by atoms with van der Waals surface area (Å²) in [5.74, 6) is 1.92. The monoisotopic (exact) mass is 378 g/mol. The van der Waals surface area contributed by atoms with E-state index >= 15 is 0 Å². The molecule has 0 N–H and O–H groups in total. The Morgan fingerprint density at radius 1 is 1.00 bits per heavy atom. The van der Waals surface area contributed by atoms with Crippen LogP contribution in [-0.2, 0) is 9.53 Å². The van der Waals surface area contributed by atoms with E-state index in [1.54, 1.807) is 0 Å². The zero-order chi connectivity index (χ0) is 19.4. The molecule has 0 radical (unpaired) electrons. The third kappa shape index (κ3) is 4.59. The second-order valence-electron chi connectivity index (χ2n) is 9.75. The summed E-state index contributed by atoms with van der Waals surface area (Å²) in [5, 5.41) is 0. The first-order chi connectivity index (χ1) is 12.9. The number of ether oxygens (including phenoxy) is 1. The van der Waals surface area contributed by atoms with Gasteiger partial charge in [-0.15, -0.1) is 0 Å². The van der Waals surface area contributed by atoms with Crippen molar-refractivity contribution >= 4 is 5.78 Å². The summed E-state index contributed by atoms with van der Waals surface area (Å²) in [5.41, 5.74) is -0.321. The smallest absolute Gasteiger partial charge is 0.156 e. The summed E-state index contributed by atoms with van der Waals surface area (Å²) in [6.07, 6.45) is 11.2. The molecule has 1 heterocycles. The number of nitrogens with zero attached hydrogens (tertiary/aromatic N) is 2. The molecule has 3 aliphatic rings. The third-order valence-corrected chi connectivity index (χ3v) is 8.30. The molecule has 1 saturated heterocycles. The van der Waals surface area contributed by atoms with Crippen LogP contribution >= 0.6 is 0 Å². The maximum atomic E-state index is 13.8. The van der Waals surface area contributed by atoms with Crippen LogP contribution in [0.1, 0.15) is 71.6 Å². The fourth-order valence-electron chi connectivity index (χ4n) is 6.00. The van der Waals surface area contributed by atoms with Crippen LogP contribution in [-0.4, -0.2) is 67.6 Å². The molecule has 2 saturated carbocycles. The SMILES string of the molecule is CC(C1CCCCC1)C(C)(C(=O)C1CCC(N2CCOCC2)CC1)N(C)C. The number of carbonyl (C=O) groups excluding carboxylic acids is 1. The molecule has 4 heteroatoms. The van der Waals surface area contributed by atoms with E-state index in [0.29, 0.717) is 23.7 Å². The first kappa shape index (κ1) is 21.3. The maximum Gasteiger partial charge on any atom is 0.156 e. The van der Waals surface area contributed by atoms with Gasteiger partial charge in [0.2, 0.25) is 0 Å². The molecule has 0 bridgehead atoms. The summed E-state index contributed by atoms with van der Waals surface area (Å²) in [7, 11) is 4.24. The molecule has 0 aromatic carbocycles. The van der Waals surface area contributed by atoms with Crippen molar-refractivity contribution in [2.24, 2.45) is 17.8 Å². The van der Waals surface area contributed by atoms with Gasteiger partial charge in [0.25, 0.3) is 0 Å². The van der Waals surface area contributed by atoms with Crippen molar-refractivity contribution in [1.29, 1.82) is 0 Å². The van der Waals surface area contributed by atoms with E-state index in [0.717, 1.165) is 39.1 Å². The van der Waals surface area contributed by atoms with Gasteiger partial charge in [-0.1, -0.05) is 39.0 Å². The number of hydrogen-bond donors (Lipinski definition) is 0. The van der Waals surface area contributed by atoms with Crippen molar-refractivity contribution in [3.63, 3.8) is 0 Å². The quantitative estimate of drug-likeness (QED) is 0.700. The van der Waals surface area contributed by atoms with Gasteiger partial charge in [0.15, 0.2) is 5.78 Å². The molecule has 0 aromatic rings. The predicted octanol–water partition coefficient (Wildman–Crippen LogP) is 3.98. The Balaban J connectivity index is 1.62. The average Bonchev–Trinajstić information content (AvgIpc) is 2.73. The second kappa shape index (κ2) is 9.37. The minimum Gasteiger partial charge on any atom is -0.379 e. The van der Waals surface area contributed by atoms with E-state index in [4.69, 9.17) is 4.74 Å². The molecule has 27 heavy (non-hydrogen) atoms. The molecule has 3 fully saturated rings. The summed E-state index contributed by atoms with van der Waals surface area (Å²) in [6.45, 7) is 8.47. The summed E-state index contributed by atoms with van der Waals surface area (Å²) in [6, 6.07) is 0.666. The zero-order valence-electron chi connectivity index (χ0n) is 18.2. The lowest BCUT2D eigenvalue weighted by molar-refractivity contribution is -0.139. The number of likely N-dealkylation sites (N-methyl/N-ethyl adjacent to an activating group) is 1. The van der Waals surface area contributed by atoms with E-state index in [9.17, 15) is 4.79 Å². The lowest BCUT2D eigenvalue weighted by atomic mass is 9.66. The summed E-state index contributed by atoms with van der Waals surface area (Å²) < 4.78 is 5.50. The van der Waals surface area contributed by atoms with Crippen LogP contribution in [0.25, 0.3) is 0 Å². The normalized spacial score (nSPS) is 32.2.